The molecule has 0 N–H and O–H groups in total. The van der Waals surface area contributed by atoms with Crippen molar-refractivity contribution < 1.29 is 8.42 Å². The molecule has 1 saturated carbocycles. The molecule has 0 saturated heterocycles. The maximum absolute atomic E-state index is 13.6. The number of rotatable bonds is 4. The second kappa shape index (κ2) is 7.63. The van der Waals surface area contributed by atoms with E-state index in [-0.39, 0.29) is 11.3 Å². The van der Waals surface area contributed by atoms with Crippen molar-refractivity contribution in [1.29, 1.82) is 0 Å². The largest absolute Gasteiger partial charge is 0.378 e. The summed E-state index contributed by atoms with van der Waals surface area (Å²) in [5.41, 5.74) is 4.23. The molecule has 4 rings (SSSR count). The molecule has 0 aromatic heterocycles. The smallest absolute Gasteiger partial charge is 0.238 e. The van der Waals surface area contributed by atoms with Crippen molar-refractivity contribution in [2.24, 2.45) is 0 Å². The van der Waals surface area contributed by atoms with Gasteiger partial charge in [-0.3, -0.25) is 4.31 Å². The number of benzene rings is 2. The van der Waals surface area contributed by atoms with E-state index in [0.717, 1.165) is 54.5 Å². The first-order valence-corrected chi connectivity index (χ1v) is 11.6. The SMILES string of the molecule is CN(C)c1ccc([C@@H]2c3ccccc3C=CN2S(=O)(=O)C2CCCCC2)cc1. The van der Waals surface area contributed by atoms with E-state index >= 15 is 0 Å². The van der Waals surface area contributed by atoms with E-state index in [2.05, 4.69) is 35.2 Å². The molecule has 5 heteroatoms. The average Bonchev–Trinajstić information content (AvgIpc) is 2.73. The molecule has 1 aliphatic carbocycles. The van der Waals surface area contributed by atoms with Crippen LogP contribution in [0.2, 0.25) is 0 Å². The van der Waals surface area contributed by atoms with E-state index < -0.39 is 10.0 Å². The monoisotopic (exact) mass is 396 g/mol. The van der Waals surface area contributed by atoms with Gasteiger partial charge in [-0.15, -0.1) is 0 Å². The van der Waals surface area contributed by atoms with E-state index in [1.807, 2.05) is 38.4 Å². The normalized spacial score (nSPS) is 20.1. The van der Waals surface area contributed by atoms with Crippen LogP contribution in [0.5, 0.6) is 0 Å². The Morgan fingerprint density at radius 3 is 2.29 bits per heavy atom. The first-order valence-electron chi connectivity index (χ1n) is 10.1. The lowest BCUT2D eigenvalue weighted by atomic mass is 9.92. The zero-order chi connectivity index (χ0) is 19.7. The Kier molecular flexibility index (Phi) is 5.19. The molecule has 1 atom stereocenters. The molecule has 0 bridgehead atoms. The van der Waals surface area contributed by atoms with Crippen molar-refractivity contribution >= 4 is 21.8 Å². The van der Waals surface area contributed by atoms with Gasteiger partial charge in [0.2, 0.25) is 10.0 Å². The van der Waals surface area contributed by atoms with E-state index in [9.17, 15) is 8.42 Å². The Morgan fingerprint density at radius 2 is 1.61 bits per heavy atom. The minimum absolute atomic E-state index is 0.278. The van der Waals surface area contributed by atoms with Crippen LogP contribution >= 0.6 is 0 Å². The molecule has 1 heterocycles. The highest BCUT2D eigenvalue weighted by Gasteiger charge is 2.38. The molecule has 28 heavy (non-hydrogen) atoms. The lowest BCUT2D eigenvalue weighted by molar-refractivity contribution is 0.412. The zero-order valence-electron chi connectivity index (χ0n) is 16.6. The van der Waals surface area contributed by atoms with Gasteiger partial charge in [0.1, 0.15) is 0 Å². The number of sulfonamides is 1. The molecular formula is C23H28N2O2S. The second-order valence-corrected chi connectivity index (χ2v) is 10.1. The minimum atomic E-state index is -3.42. The predicted octanol–water partition coefficient (Wildman–Crippen LogP) is 4.79. The molecule has 0 radical (unpaired) electrons. The van der Waals surface area contributed by atoms with Gasteiger partial charge in [-0.25, -0.2) is 8.42 Å². The van der Waals surface area contributed by atoms with E-state index in [0.29, 0.717) is 0 Å². The quantitative estimate of drug-likeness (QED) is 0.746. The van der Waals surface area contributed by atoms with Crippen LogP contribution in [-0.2, 0) is 10.0 Å². The highest BCUT2D eigenvalue weighted by Crippen LogP contribution is 2.40. The molecule has 1 fully saturated rings. The molecule has 0 amide bonds. The summed E-state index contributed by atoms with van der Waals surface area (Å²) in [4.78, 5) is 2.05. The summed E-state index contributed by atoms with van der Waals surface area (Å²) in [6.45, 7) is 0. The summed E-state index contributed by atoms with van der Waals surface area (Å²) in [5, 5.41) is -0.278. The third kappa shape index (κ3) is 3.44. The highest BCUT2D eigenvalue weighted by atomic mass is 32.2. The molecule has 4 nitrogen and oxygen atoms in total. The summed E-state index contributed by atoms with van der Waals surface area (Å²) in [6, 6.07) is 16.0. The van der Waals surface area contributed by atoms with Gasteiger partial charge < -0.3 is 4.90 Å². The number of hydrogen-bond donors (Lipinski definition) is 0. The predicted molar refractivity (Wildman–Crippen MR) is 116 cm³/mol. The van der Waals surface area contributed by atoms with Gasteiger partial charge in [0.25, 0.3) is 0 Å². The Morgan fingerprint density at radius 1 is 0.929 bits per heavy atom. The topological polar surface area (TPSA) is 40.6 Å². The third-order valence-electron chi connectivity index (χ3n) is 5.94. The summed E-state index contributed by atoms with van der Waals surface area (Å²) in [5.74, 6) is 0. The number of fused-ring (bicyclic) bond motifs is 1. The number of nitrogens with zero attached hydrogens (tertiary/aromatic N) is 2. The van der Waals surface area contributed by atoms with Crippen LogP contribution in [0.3, 0.4) is 0 Å². The minimum Gasteiger partial charge on any atom is -0.378 e. The van der Waals surface area contributed by atoms with Crippen LogP contribution in [-0.4, -0.2) is 32.1 Å². The van der Waals surface area contributed by atoms with Crippen molar-refractivity contribution in [3.8, 4) is 0 Å². The van der Waals surface area contributed by atoms with E-state index in [1.54, 1.807) is 10.5 Å². The molecular weight excluding hydrogens is 368 g/mol. The van der Waals surface area contributed by atoms with Crippen LogP contribution < -0.4 is 4.90 Å². The van der Waals surface area contributed by atoms with Crippen molar-refractivity contribution in [2.45, 2.75) is 43.4 Å². The van der Waals surface area contributed by atoms with Gasteiger partial charge in [-0.1, -0.05) is 55.7 Å². The first kappa shape index (κ1) is 19.1. The summed E-state index contributed by atoms with van der Waals surface area (Å²) in [7, 11) is 0.599. The zero-order valence-corrected chi connectivity index (χ0v) is 17.4. The Hall–Kier alpha value is -2.27. The lowest BCUT2D eigenvalue weighted by Gasteiger charge is -2.37. The maximum atomic E-state index is 13.6. The van der Waals surface area contributed by atoms with Crippen LogP contribution in [0.25, 0.3) is 6.08 Å². The van der Waals surface area contributed by atoms with Crippen LogP contribution in [0.1, 0.15) is 54.8 Å². The van der Waals surface area contributed by atoms with Crippen molar-refractivity contribution in [2.75, 3.05) is 19.0 Å². The van der Waals surface area contributed by atoms with Gasteiger partial charge in [0, 0.05) is 26.0 Å². The van der Waals surface area contributed by atoms with Crippen molar-refractivity contribution in [3.63, 3.8) is 0 Å². The Bertz CT molecular complexity index is 958. The fraction of sp³-hybridized carbons (Fsp3) is 0.391. The van der Waals surface area contributed by atoms with Crippen LogP contribution in [0.4, 0.5) is 5.69 Å². The molecule has 1 aliphatic heterocycles. The fourth-order valence-corrected chi connectivity index (χ4v) is 6.37. The Balaban J connectivity index is 1.78. The number of anilines is 1. The molecule has 0 spiro atoms. The highest BCUT2D eigenvalue weighted by molar-refractivity contribution is 7.89. The third-order valence-corrected chi connectivity index (χ3v) is 8.17. The lowest BCUT2D eigenvalue weighted by Crippen LogP contribution is -2.40. The molecule has 0 unspecified atom stereocenters. The van der Waals surface area contributed by atoms with Crippen LogP contribution in [0, 0.1) is 0 Å². The fourth-order valence-electron chi connectivity index (χ4n) is 4.34. The molecule has 2 aliphatic rings. The van der Waals surface area contributed by atoms with Crippen molar-refractivity contribution in [1.82, 2.24) is 4.31 Å². The first-order chi connectivity index (χ1) is 13.5. The van der Waals surface area contributed by atoms with Gasteiger partial charge >= 0.3 is 0 Å². The second-order valence-electron chi connectivity index (χ2n) is 7.97. The van der Waals surface area contributed by atoms with E-state index in [1.165, 1.54) is 0 Å². The maximum Gasteiger partial charge on any atom is 0.238 e. The standard InChI is InChI=1S/C23H28N2O2S/c1-24(2)20-14-12-19(13-15-20)23-22-11-7-6-8-18(22)16-17-25(23)28(26,27)21-9-4-3-5-10-21/h6-8,11-17,21,23H,3-5,9-10H2,1-2H3/t23-/m1/s1. The molecule has 2 aromatic rings. The van der Waals surface area contributed by atoms with E-state index in [4.69, 9.17) is 0 Å². The Labute approximate surface area is 168 Å². The average molecular weight is 397 g/mol. The van der Waals surface area contributed by atoms with Gasteiger partial charge in [0.05, 0.1) is 11.3 Å². The summed E-state index contributed by atoms with van der Waals surface area (Å²) < 4.78 is 28.8. The summed E-state index contributed by atoms with van der Waals surface area (Å²) in [6.07, 6.45) is 8.37. The van der Waals surface area contributed by atoms with Gasteiger partial charge in [0.15, 0.2) is 0 Å². The van der Waals surface area contributed by atoms with Gasteiger partial charge in [-0.2, -0.15) is 0 Å². The molecule has 148 valence electrons. The van der Waals surface area contributed by atoms with Crippen molar-refractivity contribution in [3.05, 3.63) is 71.4 Å². The number of hydrogen-bond acceptors (Lipinski definition) is 3. The van der Waals surface area contributed by atoms with Crippen LogP contribution in [0.15, 0.2) is 54.7 Å². The molecule has 2 aromatic carbocycles. The van der Waals surface area contributed by atoms with Gasteiger partial charge in [-0.05, 0) is 47.7 Å². The summed E-state index contributed by atoms with van der Waals surface area (Å²) >= 11 is 0.